The van der Waals surface area contributed by atoms with Crippen molar-refractivity contribution in [3.63, 3.8) is 0 Å². The fourth-order valence-electron chi connectivity index (χ4n) is 4.82. The van der Waals surface area contributed by atoms with Crippen LogP contribution in [0.5, 0.6) is 0 Å². The molecule has 1 aromatic rings. The highest BCUT2D eigenvalue weighted by Gasteiger charge is 2.53. The van der Waals surface area contributed by atoms with Gasteiger partial charge in [0.2, 0.25) is 5.91 Å². The SMILES string of the molecule is C=C(C(N)CN(C)C1CCN(Cc2ccc(F)cc2)C1=O)N1C(C#N)CC2CC21. The number of nitrogens with zero attached hydrogens (tertiary/aromatic N) is 4. The van der Waals surface area contributed by atoms with E-state index in [1.165, 1.54) is 12.1 Å². The lowest BCUT2D eigenvalue weighted by Crippen LogP contribution is -2.48. The summed E-state index contributed by atoms with van der Waals surface area (Å²) in [6, 6.07) is 8.41. The van der Waals surface area contributed by atoms with Gasteiger partial charge in [-0.05, 0) is 49.9 Å². The van der Waals surface area contributed by atoms with Gasteiger partial charge in [0, 0.05) is 31.4 Å². The van der Waals surface area contributed by atoms with Crippen molar-refractivity contribution >= 4 is 5.91 Å². The van der Waals surface area contributed by atoms with Crippen molar-refractivity contribution in [2.75, 3.05) is 20.1 Å². The number of carbonyl (C=O) groups excluding carboxylic acids is 1. The van der Waals surface area contributed by atoms with Crippen LogP contribution in [0.3, 0.4) is 0 Å². The number of hydrogen-bond donors (Lipinski definition) is 1. The third kappa shape index (κ3) is 3.87. The van der Waals surface area contributed by atoms with E-state index < -0.39 is 0 Å². The first-order valence-corrected chi connectivity index (χ1v) is 10.2. The number of likely N-dealkylation sites (tertiary alicyclic amines) is 2. The lowest BCUT2D eigenvalue weighted by Gasteiger charge is -2.33. The standard InChI is InChI=1S/C22H28FN5O/c1-14(28-18(11-24)9-16-10-21(16)28)19(25)13-26(2)20-7-8-27(22(20)29)12-15-3-5-17(23)6-4-15/h3-6,16,18-21H,1,7-10,12-13,25H2,2H3. The van der Waals surface area contributed by atoms with E-state index in [-0.39, 0.29) is 29.8 Å². The predicted molar refractivity (Wildman–Crippen MR) is 108 cm³/mol. The fourth-order valence-corrected chi connectivity index (χ4v) is 4.82. The zero-order chi connectivity index (χ0) is 20.7. The molecule has 0 aromatic heterocycles. The third-order valence-electron chi connectivity index (χ3n) is 6.59. The van der Waals surface area contributed by atoms with Gasteiger partial charge in [0.1, 0.15) is 11.9 Å². The fraction of sp³-hybridized carbons (Fsp3) is 0.545. The highest BCUT2D eigenvalue weighted by atomic mass is 19.1. The van der Waals surface area contributed by atoms with Crippen LogP contribution in [0, 0.1) is 23.1 Å². The molecule has 0 radical (unpaired) electrons. The molecule has 2 aliphatic heterocycles. The number of nitrogens with two attached hydrogens (primary N) is 1. The monoisotopic (exact) mass is 397 g/mol. The summed E-state index contributed by atoms with van der Waals surface area (Å²) in [5.41, 5.74) is 8.16. The van der Waals surface area contributed by atoms with Gasteiger partial charge in [0.25, 0.3) is 0 Å². The number of hydrogen-bond acceptors (Lipinski definition) is 5. The van der Waals surface area contributed by atoms with Crippen LogP contribution in [0.1, 0.15) is 24.8 Å². The van der Waals surface area contributed by atoms with Gasteiger partial charge in [-0.15, -0.1) is 0 Å². The number of halogens is 1. The smallest absolute Gasteiger partial charge is 0.240 e. The number of amides is 1. The van der Waals surface area contributed by atoms with Gasteiger partial charge in [-0.25, -0.2) is 4.39 Å². The van der Waals surface area contributed by atoms with Crippen LogP contribution in [0.25, 0.3) is 0 Å². The topological polar surface area (TPSA) is 76.6 Å². The second kappa shape index (κ2) is 7.77. The summed E-state index contributed by atoms with van der Waals surface area (Å²) in [6.07, 6.45) is 2.77. The Morgan fingerprint density at radius 2 is 2.14 bits per heavy atom. The van der Waals surface area contributed by atoms with E-state index in [1.807, 2.05) is 16.8 Å². The van der Waals surface area contributed by atoms with Crippen molar-refractivity contribution in [1.29, 1.82) is 5.26 Å². The van der Waals surface area contributed by atoms with E-state index >= 15 is 0 Å². The molecule has 6 nitrogen and oxygen atoms in total. The minimum atomic E-state index is -0.311. The Hall–Kier alpha value is -2.43. The van der Waals surface area contributed by atoms with Crippen LogP contribution in [0.4, 0.5) is 4.39 Å². The average molecular weight is 397 g/mol. The molecule has 1 saturated carbocycles. The third-order valence-corrected chi connectivity index (χ3v) is 6.59. The Balaban J connectivity index is 1.33. The van der Waals surface area contributed by atoms with Gasteiger partial charge in [0.05, 0.1) is 18.2 Å². The summed E-state index contributed by atoms with van der Waals surface area (Å²) >= 11 is 0. The van der Waals surface area contributed by atoms with Gasteiger partial charge < -0.3 is 15.5 Å². The number of nitriles is 1. The molecule has 7 heteroatoms. The van der Waals surface area contributed by atoms with Gasteiger partial charge >= 0.3 is 0 Å². The summed E-state index contributed by atoms with van der Waals surface area (Å²) in [7, 11) is 1.92. The quantitative estimate of drug-likeness (QED) is 0.758. The van der Waals surface area contributed by atoms with E-state index in [0.29, 0.717) is 31.6 Å². The zero-order valence-corrected chi connectivity index (χ0v) is 16.8. The van der Waals surface area contributed by atoms with Crippen LogP contribution in [0.2, 0.25) is 0 Å². The maximum atomic E-state index is 13.1. The first-order valence-electron chi connectivity index (χ1n) is 10.2. The Morgan fingerprint density at radius 3 is 2.83 bits per heavy atom. The number of likely N-dealkylation sites (N-methyl/N-ethyl adjacent to an activating group) is 1. The highest BCUT2D eigenvalue weighted by molar-refractivity contribution is 5.84. The van der Waals surface area contributed by atoms with E-state index in [4.69, 9.17) is 5.73 Å². The molecule has 3 fully saturated rings. The Labute approximate surface area is 171 Å². The molecule has 1 aromatic carbocycles. The molecule has 4 rings (SSSR count). The molecule has 5 atom stereocenters. The number of rotatable bonds is 7. The Kier molecular flexibility index (Phi) is 5.32. The first-order chi connectivity index (χ1) is 13.9. The lowest BCUT2D eigenvalue weighted by atomic mass is 10.1. The normalized spacial score (nSPS) is 29.1. The van der Waals surface area contributed by atoms with Gasteiger partial charge in [-0.3, -0.25) is 9.69 Å². The largest absolute Gasteiger partial charge is 0.355 e. The van der Waals surface area contributed by atoms with E-state index in [0.717, 1.165) is 30.5 Å². The molecule has 2 heterocycles. The Bertz CT molecular complexity index is 835. The molecule has 2 saturated heterocycles. The molecule has 3 aliphatic rings. The molecule has 1 aliphatic carbocycles. The van der Waals surface area contributed by atoms with E-state index in [2.05, 4.69) is 17.5 Å². The lowest BCUT2D eigenvalue weighted by molar-refractivity contribution is -0.132. The molecular weight excluding hydrogens is 369 g/mol. The van der Waals surface area contributed by atoms with Crippen LogP contribution >= 0.6 is 0 Å². The second-order valence-corrected chi connectivity index (χ2v) is 8.58. The maximum absolute atomic E-state index is 13.1. The molecule has 29 heavy (non-hydrogen) atoms. The summed E-state index contributed by atoms with van der Waals surface area (Å²) in [6.45, 7) is 5.87. The van der Waals surface area contributed by atoms with Crippen molar-refractivity contribution in [3.05, 3.63) is 47.9 Å². The molecule has 0 bridgehead atoms. The van der Waals surface area contributed by atoms with Crippen molar-refractivity contribution in [2.45, 2.75) is 50.0 Å². The van der Waals surface area contributed by atoms with Crippen LogP contribution < -0.4 is 5.73 Å². The number of benzene rings is 1. The maximum Gasteiger partial charge on any atom is 0.240 e. The summed E-state index contributed by atoms with van der Waals surface area (Å²) in [4.78, 5) is 18.8. The number of carbonyl (C=O) groups is 1. The van der Waals surface area contributed by atoms with Crippen molar-refractivity contribution in [1.82, 2.24) is 14.7 Å². The number of piperidine rings is 1. The predicted octanol–water partition coefficient (Wildman–Crippen LogP) is 1.69. The first kappa shape index (κ1) is 19.9. The highest BCUT2D eigenvalue weighted by Crippen LogP contribution is 2.49. The van der Waals surface area contributed by atoms with Crippen LogP contribution in [-0.2, 0) is 11.3 Å². The van der Waals surface area contributed by atoms with Crippen LogP contribution in [0.15, 0.2) is 36.5 Å². The summed E-state index contributed by atoms with van der Waals surface area (Å²) < 4.78 is 13.1. The van der Waals surface area contributed by atoms with Crippen LogP contribution in [-0.4, -0.2) is 64.9 Å². The van der Waals surface area contributed by atoms with Gasteiger partial charge in [-0.1, -0.05) is 18.7 Å². The Morgan fingerprint density at radius 1 is 1.41 bits per heavy atom. The molecule has 2 N–H and O–H groups in total. The summed E-state index contributed by atoms with van der Waals surface area (Å²) in [5.74, 6) is 0.410. The van der Waals surface area contributed by atoms with Crippen molar-refractivity contribution in [2.24, 2.45) is 11.7 Å². The second-order valence-electron chi connectivity index (χ2n) is 8.58. The minimum absolute atomic E-state index is 0.0768. The molecular formula is C22H28FN5O. The minimum Gasteiger partial charge on any atom is -0.355 e. The van der Waals surface area contributed by atoms with Gasteiger partial charge in [-0.2, -0.15) is 5.26 Å². The zero-order valence-electron chi connectivity index (χ0n) is 16.8. The van der Waals surface area contributed by atoms with Crippen molar-refractivity contribution in [3.8, 4) is 6.07 Å². The number of fused-ring (bicyclic) bond motifs is 1. The molecule has 154 valence electrons. The molecule has 1 amide bonds. The van der Waals surface area contributed by atoms with Crippen molar-refractivity contribution < 1.29 is 9.18 Å². The average Bonchev–Trinajstić information content (AvgIpc) is 3.22. The van der Waals surface area contributed by atoms with Gasteiger partial charge in [0.15, 0.2) is 0 Å². The molecule has 5 unspecified atom stereocenters. The van der Waals surface area contributed by atoms with E-state index in [1.54, 1.807) is 12.1 Å². The summed E-state index contributed by atoms with van der Waals surface area (Å²) in [5, 5.41) is 9.41. The van der Waals surface area contributed by atoms with E-state index in [9.17, 15) is 14.4 Å². The molecule has 0 spiro atoms.